The van der Waals surface area contributed by atoms with E-state index in [0.29, 0.717) is 12.3 Å². The van der Waals surface area contributed by atoms with Gasteiger partial charge in [0, 0.05) is 5.69 Å². The van der Waals surface area contributed by atoms with Crippen LogP contribution in [0.3, 0.4) is 0 Å². The van der Waals surface area contributed by atoms with E-state index in [9.17, 15) is 4.79 Å². The van der Waals surface area contributed by atoms with Crippen LogP contribution < -0.4 is 11.1 Å². The summed E-state index contributed by atoms with van der Waals surface area (Å²) in [5, 5.41) is 3.12. The van der Waals surface area contributed by atoms with E-state index >= 15 is 0 Å². The second kappa shape index (κ2) is 5.54. The van der Waals surface area contributed by atoms with Gasteiger partial charge >= 0.3 is 0 Å². The van der Waals surface area contributed by atoms with Crippen LogP contribution in [0.1, 0.15) is 38.7 Å². The van der Waals surface area contributed by atoms with Crippen LogP contribution in [0.2, 0.25) is 0 Å². The molecule has 88 valence electrons. The van der Waals surface area contributed by atoms with Crippen LogP contribution in [-0.2, 0) is 4.79 Å². The maximum Gasteiger partial charge on any atom is 0.239 e. The van der Waals surface area contributed by atoms with Crippen molar-refractivity contribution in [1.29, 1.82) is 0 Å². The van der Waals surface area contributed by atoms with E-state index in [1.54, 1.807) is 0 Å². The van der Waals surface area contributed by atoms with Gasteiger partial charge in [0.2, 0.25) is 5.91 Å². The second-order valence-corrected chi connectivity index (χ2v) is 4.28. The van der Waals surface area contributed by atoms with Crippen molar-refractivity contribution in [2.45, 2.75) is 39.2 Å². The molecule has 0 spiro atoms. The van der Waals surface area contributed by atoms with Gasteiger partial charge in [0.25, 0.3) is 0 Å². The fraction of sp³-hybridized carbons (Fsp3) is 0.462. The first-order valence-corrected chi connectivity index (χ1v) is 5.70. The van der Waals surface area contributed by atoms with Gasteiger partial charge in [0.15, 0.2) is 0 Å². The van der Waals surface area contributed by atoms with Crippen LogP contribution in [-0.4, -0.2) is 11.9 Å². The molecule has 3 N–H and O–H groups in total. The summed E-state index contributed by atoms with van der Waals surface area (Å²) in [6.45, 7) is 6.24. The van der Waals surface area contributed by atoms with Crippen molar-refractivity contribution in [3.05, 3.63) is 29.8 Å². The van der Waals surface area contributed by atoms with Crippen LogP contribution >= 0.6 is 0 Å². The van der Waals surface area contributed by atoms with Gasteiger partial charge < -0.3 is 11.1 Å². The van der Waals surface area contributed by atoms with Gasteiger partial charge in [-0.15, -0.1) is 0 Å². The first-order chi connectivity index (χ1) is 7.54. The molecular formula is C13H20N2O. The minimum absolute atomic E-state index is 0.287. The average molecular weight is 220 g/mol. The third-order valence-corrected chi connectivity index (χ3v) is 2.67. The average Bonchev–Trinajstić information content (AvgIpc) is 2.26. The van der Waals surface area contributed by atoms with E-state index < -0.39 is 0 Å². The number of anilines is 1. The fourth-order valence-electron chi connectivity index (χ4n) is 1.54. The summed E-state index contributed by atoms with van der Waals surface area (Å²) in [7, 11) is 0. The van der Waals surface area contributed by atoms with E-state index in [1.807, 2.05) is 19.1 Å². The predicted octanol–water partition coefficient (Wildman–Crippen LogP) is 2.49. The van der Waals surface area contributed by atoms with Crippen molar-refractivity contribution < 1.29 is 4.79 Å². The summed E-state index contributed by atoms with van der Waals surface area (Å²) < 4.78 is 0. The topological polar surface area (TPSA) is 55.1 Å². The van der Waals surface area contributed by atoms with E-state index in [1.165, 1.54) is 5.56 Å². The number of rotatable bonds is 5. The first kappa shape index (κ1) is 12.6. The zero-order valence-corrected chi connectivity index (χ0v) is 10.2. The molecule has 1 aromatic rings. The summed E-state index contributed by atoms with van der Waals surface area (Å²) in [5.74, 6) is 0.211. The molecule has 0 saturated carbocycles. The summed E-state index contributed by atoms with van der Waals surface area (Å²) in [6, 6.07) is 7.83. The van der Waals surface area contributed by atoms with Gasteiger partial charge in [-0.2, -0.15) is 0 Å². The Morgan fingerprint density at radius 3 is 2.25 bits per heavy atom. The third kappa shape index (κ3) is 3.26. The molecule has 0 saturated heterocycles. The maximum absolute atomic E-state index is 11.1. The highest BCUT2D eigenvalue weighted by molar-refractivity contribution is 5.82. The quantitative estimate of drug-likeness (QED) is 0.801. The Labute approximate surface area is 97.0 Å². The SMILES string of the molecule is CCC(Nc1ccc(C(C)C)cc1)C(N)=O. The normalized spacial score (nSPS) is 12.5. The lowest BCUT2D eigenvalue weighted by Crippen LogP contribution is -2.34. The number of amides is 1. The lowest BCUT2D eigenvalue weighted by Gasteiger charge is -2.15. The smallest absolute Gasteiger partial charge is 0.239 e. The van der Waals surface area contributed by atoms with Crippen LogP contribution in [0.25, 0.3) is 0 Å². The van der Waals surface area contributed by atoms with Crippen LogP contribution in [0.15, 0.2) is 24.3 Å². The molecule has 0 aliphatic rings. The van der Waals surface area contributed by atoms with E-state index in [2.05, 4.69) is 31.3 Å². The highest BCUT2D eigenvalue weighted by Crippen LogP contribution is 2.17. The lowest BCUT2D eigenvalue weighted by molar-refractivity contribution is -0.118. The molecule has 0 aliphatic heterocycles. The Morgan fingerprint density at radius 1 is 1.31 bits per heavy atom. The molecule has 0 fully saturated rings. The molecule has 3 heteroatoms. The number of nitrogens with two attached hydrogens (primary N) is 1. The van der Waals surface area contributed by atoms with E-state index in [-0.39, 0.29) is 11.9 Å². The van der Waals surface area contributed by atoms with E-state index in [0.717, 1.165) is 5.69 Å². The minimum atomic E-state index is -0.310. The summed E-state index contributed by atoms with van der Waals surface area (Å²) in [5.41, 5.74) is 7.50. The summed E-state index contributed by atoms with van der Waals surface area (Å²) in [6.07, 6.45) is 0.696. The predicted molar refractivity (Wildman–Crippen MR) is 67.4 cm³/mol. The Bertz CT molecular complexity index is 343. The third-order valence-electron chi connectivity index (χ3n) is 2.67. The molecule has 0 heterocycles. The van der Waals surface area contributed by atoms with Crippen molar-refractivity contribution in [1.82, 2.24) is 0 Å². The molecule has 1 aromatic carbocycles. The molecule has 3 nitrogen and oxygen atoms in total. The van der Waals surface area contributed by atoms with Crippen LogP contribution in [0, 0.1) is 0 Å². The molecule has 0 aliphatic carbocycles. The first-order valence-electron chi connectivity index (χ1n) is 5.70. The molecule has 0 aromatic heterocycles. The van der Waals surface area contributed by atoms with Gasteiger partial charge in [0.05, 0.1) is 0 Å². The number of carbonyl (C=O) groups excluding carboxylic acids is 1. The van der Waals surface area contributed by atoms with Crippen molar-refractivity contribution in [2.24, 2.45) is 5.73 Å². The minimum Gasteiger partial charge on any atom is -0.374 e. The largest absolute Gasteiger partial charge is 0.374 e. The molecule has 16 heavy (non-hydrogen) atoms. The number of hydrogen-bond donors (Lipinski definition) is 2. The van der Waals surface area contributed by atoms with Gasteiger partial charge in [-0.05, 0) is 30.0 Å². The van der Waals surface area contributed by atoms with Gasteiger partial charge in [-0.3, -0.25) is 4.79 Å². The summed E-state index contributed by atoms with van der Waals surface area (Å²) in [4.78, 5) is 11.1. The van der Waals surface area contributed by atoms with E-state index in [4.69, 9.17) is 5.73 Å². The number of benzene rings is 1. The molecular weight excluding hydrogens is 200 g/mol. The maximum atomic E-state index is 11.1. The van der Waals surface area contributed by atoms with Crippen molar-refractivity contribution in [3.8, 4) is 0 Å². The highest BCUT2D eigenvalue weighted by atomic mass is 16.1. The van der Waals surface area contributed by atoms with Crippen molar-refractivity contribution in [3.63, 3.8) is 0 Å². The standard InChI is InChI=1S/C13H20N2O/c1-4-12(13(14)16)15-11-7-5-10(6-8-11)9(2)3/h5-9,12,15H,4H2,1-3H3,(H2,14,16). The Balaban J connectivity index is 2.71. The van der Waals surface area contributed by atoms with Gasteiger partial charge in [-0.25, -0.2) is 0 Å². The number of nitrogens with one attached hydrogen (secondary N) is 1. The zero-order valence-electron chi connectivity index (χ0n) is 10.2. The van der Waals surface area contributed by atoms with Crippen molar-refractivity contribution >= 4 is 11.6 Å². The lowest BCUT2D eigenvalue weighted by atomic mass is 10.0. The molecule has 1 rings (SSSR count). The molecule has 0 bridgehead atoms. The summed E-state index contributed by atoms with van der Waals surface area (Å²) >= 11 is 0. The van der Waals surface area contributed by atoms with Crippen LogP contribution in [0.4, 0.5) is 5.69 Å². The highest BCUT2D eigenvalue weighted by Gasteiger charge is 2.11. The molecule has 0 radical (unpaired) electrons. The second-order valence-electron chi connectivity index (χ2n) is 4.28. The van der Waals surface area contributed by atoms with Crippen LogP contribution in [0.5, 0.6) is 0 Å². The van der Waals surface area contributed by atoms with Gasteiger partial charge in [-0.1, -0.05) is 32.9 Å². The molecule has 1 atom stereocenters. The monoisotopic (exact) mass is 220 g/mol. The zero-order chi connectivity index (χ0) is 12.1. The Morgan fingerprint density at radius 2 is 1.88 bits per heavy atom. The Kier molecular flexibility index (Phi) is 4.35. The fourth-order valence-corrected chi connectivity index (χ4v) is 1.54. The number of carbonyl (C=O) groups is 1. The Hall–Kier alpha value is -1.51. The van der Waals surface area contributed by atoms with Crippen molar-refractivity contribution in [2.75, 3.05) is 5.32 Å². The molecule has 1 unspecified atom stereocenters. The number of hydrogen-bond acceptors (Lipinski definition) is 2. The molecule has 1 amide bonds. The number of primary amides is 1. The van der Waals surface area contributed by atoms with Gasteiger partial charge in [0.1, 0.15) is 6.04 Å².